The number of nitrogens with one attached hydrogen (secondary N) is 1. The van der Waals surface area contributed by atoms with Crippen LogP contribution < -0.4 is 25.0 Å². The number of carbonyl (C=O) groups is 1. The Balaban J connectivity index is 1.25. The lowest BCUT2D eigenvalue weighted by Gasteiger charge is -2.27. The third-order valence-electron chi connectivity index (χ3n) is 7.69. The second kappa shape index (κ2) is 13.9. The molecule has 0 atom stereocenters. The van der Waals surface area contributed by atoms with Crippen LogP contribution in [-0.4, -0.2) is 72.4 Å². The molecule has 0 bridgehead atoms. The van der Waals surface area contributed by atoms with Gasteiger partial charge in [-0.05, 0) is 29.8 Å². The van der Waals surface area contributed by atoms with Gasteiger partial charge in [-0.1, -0.05) is 12.1 Å². The third-order valence-corrected chi connectivity index (χ3v) is 7.69. The predicted molar refractivity (Wildman–Crippen MR) is 170 cm³/mol. The van der Waals surface area contributed by atoms with Gasteiger partial charge in [-0.25, -0.2) is 13.8 Å². The first-order valence-corrected chi connectivity index (χ1v) is 14.8. The molecule has 0 saturated carbocycles. The number of halogens is 2. The molecule has 0 spiro atoms. The number of aromatic nitrogens is 3. The molecule has 1 saturated heterocycles. The number of hydrogen-bond acceptors (Lipinski definition) is 9. The zero-order chi connectivity index (χ0) is 32.9. The topological polar surface area (TPSA) is 117 Å². The van der Waals surface area contributed by atoms with Crippen molar-refractivity contribution in [2.75, 3.05) is 52.4 Å². The van der Waals surface area contributed by atoms with E-state index in [9.17, 15) is 14.0 Å². The van der Waals surface area contributed by atoms with Gasteiger partial charge < -0.3 is 28.8 Å². The number of carbonyl (C=O) groups excluding carboxylic acids is 1. The highest BCUT2D eigenvalue weighted by molar-refractivity contribution is 6.04. The van der Waals surface area contributed by atoms with E-state index in [4.69, 9.17) is 18.9 Å². The summed E-state index contributed by atoms with van der Waals surface area (Å²) < 4.78 is 52.6. The summed E-state index contributed by atoms with van der Waals surface area (Å²) >= 11 is 0. The lowest BCUT2D eigenvalue weighted by Crippen LogP contribution is -2.38. The number of benzene rings is 2. The van der Waals surface area contributed by atoms with E-state index in [0.29, 0.717) is 48.6 Å². The number of pyridine rings is 3. The van der Waals surface area contributed by atoms with Gasteiger partial charge in [0.1, 0.15) is 16.9 Å². The minimum absolute atomic E-state index is 0.107. The van der Waals surface area contributed by atoms with Crippen LogP contribution in [0.3, 0.4) is 0 Å². The van der Waals surface area contributed by atoms with Gasteiger partial charge in [-0.2, -0.15) is 0 Å². The predicted octanol–water partition coefficient (Wildman–Crippen LogP) is 5.13. The SMILES string of the molecule is COc1cc2nccc(Oc3ccc(NC(=O)c4cn(CCN5CCOCC5)cc(-c5ccc(F)cc5)c4=O)cc3F)c2nc1OC. The maximum atomic E-state index is 15.3. The second-order valence-electron chi connectivity index (χ2n) is 10.7. The van der Waals surface area contributed by atoms with Crippen LogP contribution in [0.2, 0.25) is 0 Å². The number of rotatable bonds is 10. The van der Waals surface area contributed by atoms with Crippen LogP contribution in [-0.2, 0) is 11.3 Å². The Hall–Kier alpha value is -5.40. The molecule has 3 aromatic heterocycles. The number of fused-ring (bicyclic) bond motifs is 1. The van der Waals surface area contributed by atoms with Gasteiger partial charge in [0.15, 0.2) is 23.1 Å². The van der Waals surface area contributed by atoms with Crippen LogP contribution in [0.4, 0.5) is 14.5 Å². The molecule has 0 aliphatic carbocycles. The van der Waals surface area contributed by atoms with Gasteiger partial charge in [0.25, 0.3) is 11.8 Å². The van der Waals surface area contributed by atoms with Crippen LogP contribution >= 0.6 is 0 Å². The Morgan fingerprint density at radius 1 is 0.936 bits per heavy atom. The average Bonchev–Trinajstić information content (AvgIpc) is 3.09. The van der Waals surface area contributed by atoms with E-state index in [1.807, 2.05) is 0 Å². The fourth-order valence-corrected chi connectivity index (χ4v) is 5.20. The van der Waals surface area contributed by atoms with Crippen molar-refractivity contribution in [1.82, 2.24) is 19.4 Å². The molecule has 11 nitrogen and oxygen atoms in total. The molecular formula is C34H31F2N5O6. The summed E-state index contributed by atoms with van der Waals surface area (Å²) in [5.41, 5.74) is 0.899. The average molecular weight is 644 g/mol. The Bertz CT molecular complexity index is 1980. The summed E-state index contributed by atoms with van der Waals surface area (Å²) in [4.78, 5) is 37.9. The number of methoxy groups -OCH3 is 2. The molecule has 6 rings (SSSR count). The van der Waals surface area contributed by atoms with E-state index < -0.39 is 23.0 Å². The second-order valence-corrected chi connectivity index (χ2v) is 10.7. The van der Waals surface area contributed by atoms with Crippen LogP contribution in [0.1, 0.15) is 10.4 Å². The van der Waals surface area contributed by atoms with E-state index in [2.05, 4.69) is 20.2 Å². The fourth-order valence-electron chi connectivity index (χ4n) is 5.20. The molecule has 1 amide bonds. The first-order valence-electron chi connectivity index (χ1n) is 14.8. The van der Waals surface area contributed by atoms with Crippen molar-refractivity contribution in [2.45, 2.75) is 6.54 Å². The number of hydrogen-bond donors (Lipinski definition) is 1. The minimum atomic E-state index is -0.767. The molecule has 2 aromatic carbocycles. The highest BCUT2D eigenvalue weighted by Gasteiger charge is 2.19. The summed E-state index contributed by atoms with van der Waals surface area (Å²) in [6.45, 7) is 4.00. The summed E-state index contributed by atoms with van der Waals surface area (Å²) in [6.07, 6.45) is 4.62. The van der Waals surface area contributed by atoms with Crippen molar-refractivity contribution in [3.05, 3.63) is 101 Å². The van der Waals surface area contributed by atoms with Crippen LogP contribution in [0, 0.1) is 11.6 Å². The van der Waals surface area contributed by atoms with Crippen LogP contribution in [0.5, 0.6) is 23.1 Å². The van der Waals surface area contributed by atoms with Gasteiger partial charge in [-0.15, -0.1) is 0 Å². The van der Waals surface area contributed by atoms with Crippen molar-refractivity contribution in [1.29, 1.82) is 0 Å². The Kier molecular flexibility index (Phi) is 9.36. The number of anilines is 1. The lowest BCUT2D eigenvalue weighted by atomic mass is 10.0. The summed E-state index contributed by atoms with van der Waals surface area (Å²) in [5.74, 6) is -1.26. The molecule has 5 aromatic rings. The van der Waals surface area contributed by atoms with Crippen molar-refractivity contribution in [3.8, 4) is 34.3 Å². The smallest absolute Gasteiger partial charge is 0.261 e. The Morgan fingerprint density at radius 3 is 2.45 bits per heavy atom. The van der Waals surface area contributed by atoms with E-state index in [-0.39, 0.29) is 34.2 Å². The Labute approximate surface area is 268 Å². The molecule has 0 radical (unpaired) electrons. The number of nitrogens with zero attached hydrogens (tertiary/aromatic N) is 4. The zero-order valence-electron chi connectivity index (χ0n) is 25.7. The van der Waals surface area contributed by atoms with E-state index in [1.165, 1.54) is 69.1 Å². The molecular weight excluding hydrogens is 612 g/mol. The highest BCUT2D eigenvalue weighted by atomic mass is 19.1. The summed E-state index contributed by atoms with van der Waals surface area (Å²) in [6, 6.07) is 12.6. The third kappa shape index (κ3) is 7.05. The number of amides is 1. The fraction of sp³-hybridized carbons (Fsp3) is 0.235. The van der Waals surface area contributed by atoms with Crippen LogP contribution in [0.25, 0.3) is 22.2 Å². The summed E-state index contributed by atoms with van der Waals surface area (Å²) in [7, 11) is 2.92. The monoisotopic (exact) mass is 643 g/mol. The number of morpholine rings is 1. The van der Waals surface area contributed by atoms with Gasteiger partial charge in [0.2, 0.25) is 5.43 Å². The normalized spacial score (nSPS) is 13.4. The maximum absolute atomic E-state index is 15.3. The maximum Gasteiger partial charge on any atom is 0.261 e. The van der Waals surface area contributed by atoms with Gasteiger partial charge in [0, 0.05) is 74.2 Å². The highest BCUT2D eigenvalue weighted by Crippen LogP contribution is 2.35. The van der Waals surface area contributed by atoms with E-state index in [1.54, 1.807) is 16.8 Å². The molecule has 13 heteroatoms. The van der Waals surface area contributed by atoms with E-state index in [0.717, 1.165) is 19.2 Å². The molecule has 4 heterocycles. The molecule has 1 fully saturated rings. The van der Waals surface area contributed by atoms with Gasteiger partial charge in [0.05, 0.1) is 33.0 Å². The van der Waals surface area contributed by atoms with Crippen molar-refractivity contribution in [2.24, 2.45) is 0 Å². The zero-order valence-corrected chi connectivity index (χ0v) is 25.7. The first kappa shape index (κ1) is 31.6. The molecule has 47 heavy (non-hydrogen) atoms. The largest absolute Gasteiger partial charge is 0.491 e. The molecule has 1 aliphatic rings. The van der Waals surface area contributed by atoms with Crippen molar-refractivity contribution < 1.29 is 32.5 Å². The summed E-state index contributed by atoms with van der Waals surface area (Å²) in [5, 5.41) is 2.62. The van der Waals surface area contributed by atoms with Crippen molar-refractivity contribution >= 4 is 22.6 Å². The molecule has 1 aliphatic heterocycles. The molecule has 0 unspecified atom stereocenters. The van der Waals surface area contributed by atoms with Gasteiger partial charge >= 0.3 is 0 Å². The molecule has 1 N–H and O–H groups in total. The molecule has 242 valence electrons. The number of ether oxygens (including phenoxy) is 4. The van der Waals surface area contributed by atoms with Crippen LogP contribution in [0.15, 0.2) is 78.0 Å². The van der Waals surface area contributed by atoms with E-state index >= 15 is 4.39 Å². The standard InChI is InChI=1S/C34H31F2N5O6/c1-44-30-18-27-31(39-34(30)45-2)29(9-10-37-27)47-28-8-7-23(17-26(28)36)38-33(43)25-20-41(12-11-40-13-15-46-16-14-40)19-24(32(25)42)21-3-5-22(35)6-4-21/h3-10,17-20H,11-16H2,1-2H3,(H,38,43). The quantitative estimate of drug-likeness (QED) is 0.221. The minimum Gasteiger partial charge on any atom is -0.491 e. The first-order chi connectivity index (χ1) is 22.8. The Morgan fingerprint density at radius 2 is 1.72 bits per heavy atom. The lowest BCUT2D eigenvalue weighted by molar-refractivity contribution is 0.0364. The van der Waals surface area contributed by atoms with Crippen molar-refractivity contribution in [3.63, 3.8) is 0 Å². The van der Waals surface area contributed by atoms with Gasteiger partial charge in [-0.3, -0.25) is 19.5 Å².